The molecular weight excluding hydrogens is 188 g/mol. The maximum Gasteiger partial charge on any atom is 0.0776 e. The second kappa shape index (κ2) is 6.38. The Balaban J connectivity index is 2.40. The second-order valence-corrected chi connectivity index (χ2v) is 3.51. The molecule has 0 amide bonds. The molecule has 0 aliphatic rings. The average Bonchev–Trinajstić information content (AvgIpc) is 2.29. The lowest BCUT2D eigenvalue weighted by molar-refractivity contribution is 0.0117. The van der Waals surface area contributed by atoms with Gasteiger partial charge in [-0.25, -0.2) is 0 Å². The fraction of sp³-hybridized carbons (Fsp3) is 0.385. The number of hydrogen-bond donors (Lipinski definition) is 0. The molecule has 1 atom stereocenters. The minimum Gasteiger partial charge on any atom is -0.379 e. The van der Waals surface area contributed by atoms with Crippen molar-refractivity contribution in [1.82, 2.24) is 0 Å². The first-order valence-electron chi connectivity index (χ1n) is 5.08. The van der Waals surface area contributed by atoms with Crippen molar-refractivity contribution in [1.29, 1.82) is 0 Å². The Bertz CT molecular complexity index is 307. The van der Waals surface area contributed by atoms with Gasteiger partial charge in [-0.3, -0.25) is 0 Å². The molecule has 1 rings (SSSR count). The lowest BCUT2D eigenvalue weighted by Gasteiger charge is -2.10. The Labute approximate surface area is 91.5 Å². The molecule has 2 nitrogen and oxygen atoms in total. The van der Waals surface area contributed by atoms with Crippen LogP contribution in [0.4, 0.5) is 0 Å². The minimum atomic E-state index is 0.146. The molecule has 0 fully saturated rings. The molecule has 1 aromatic carbocycles. The first-order valence-corrected chi connectivity index (χ1v) is 5.08. The third-order valence-electron chi connectivity index (χ3n) is 2.21. The van der Waals surface area contributed by atoms with E-state index in [0.717, 1.165) is 11.1 Å². The van der Waals surface area contributed by atoms with Gasteiger partial charge >= 0.3 is 0 Å². The van der Waals surface area contributed by atoms with Gasteiger partial charge in [0, 0.05) is 7.11 Å². The highest BCUT2D eigenvalue weighted by Crippen LogP contribution is 2.07. The summed E-state index contributed by atoms with van der Waals surface area (Å²) in [6.45, 7) is 6.96. The third-order valence-corrected chi connectivity index (χ3v) is 2.21. The Hall–Kier alpha value is -1.12. The predicted octanol–water partition coefficient (Wildman–Crippen LogP) is 2.88. The van der Waals surface area contributed by atoms with Gasteiger partial charge in [-0.15, -0.1) is 0 Å². The van der Waals surface area contributed by atoms with Crippen LogP contribution in [0.15, 0.2) is 30.8 Å². The van der Waals surface area contributed by atoms with Gasteiger partial charge in [0.2, 0.25) is 0 Å². The topological polar surface area (TPSA) is 18.5 Å². The largest absolute Gasteiger partial charge is 0.379 e. The third kappa shape index (κ3) is 4.28. The van der Waals surface area contributed by atoms with E-state index in [-0.39, 0.29) is 6.10 Å². The molecule has 2 heteroatoms. The van der Waals surface area contributed by atoms with Crippen LogP contribution >= 0.6 is 0 Å². The van der Waals surface area contributed by atoms with Crippen LogP contribution in [0, 0.1) is 0 Å². The molecule has 0 spiro atoms. The van der Waals surface area contributed by atoms with Crippen LogP contribution in [0.1, 0.15) is 18.1 Å². The van der Waals surface area contributed by atoms with Crippen molar-refractivity contribution >= 4 is 6.08 Å². The van der Waals surface area contributed by atoms with E-state index in [1.54, 1.807) is 7.11 Å². The molecule has 0 aliphatic carbocycles. The van der Waals surface area contributed by atoms with E-state index in [0.29, 0.717) is 13.2 Å². The van der Waals surface area contributed by atoms with Crippen LogP contribution < -0.4 is 0 Å². The molecule has 0 radical (unpaired) electrons. The number of hydrogen-bond acceptors (Lipinski definition) is 2. The van der Waals surface area contributed by atoms with E-state index in [1.807, 2.05) is 31.2 Å². The van der Waals surface area contributed by atoms with Crippen LogP contribution in [0.3, 0.4) is 0 Å². The predicted molar refractivity (Wildman–Crippen MR) is 62.7 cm³/mol. The SMILES string of the molecule is C=Cc1cccc(COCC(C)OC)c1. The Kier molecular flexibility index (Phi) is 5.08. The molecule has 0 bridgehead atoms. The summed E-state index contributed by atoms with van der Waals surface area (Å²) < 4.78 is 10.6. The van der Waals surface area contributed by atoms with Crippen molar-refractivity contribution in [3.05, 3.63) is 42.0 Å². The van der Waals surface area contributed by atoms with Gasteiger partial charge in [-0.05, 0) is 24.1 Å². The summed E-state index contributed by atoms with van der Waals surface area (Å²) >= 11 is 0. The van der Waals surface area contributed by atoms with Gasteiger partial charge in [0.25, 0.3) is 0 Å². The Morgan fingerprint density at radius 2 is 2.27 bits per heavy atom. The monoisotopic (exact) mass is 206 g/mol. The lowest BCUT2D eigenvalue weighted by atomic mass is 10.1. The van der Waals surface area contributed by atoms with Gasteiger partial charge in [-0.1, -0.05) is 30.9 Å². The van der Waals surface area contributed by atoms with Crippen molar-refractivity contribution in [2.24, 2.45) is 0 Å². The lowest BCUT2D eigenvalue weighted by Crippen LogP contribution is -2.13. The van der Waals surface area contributed by atoms with Crippen molar-refractivity contribution in [2.75, 3.05) is 13.7 Å². The van der Waals surface area contributed by atoms with Crippen molar-refractivity contribution < 1.29 is 9.47 Å². The van der Waals surface area contributed by atoms with Crippen molar-refractivity contribution in [3.8, 4) is 0 Å². The summed E-state index contributed by atoms with van der Waals surface area (Å²) in [5.74, 6) is 0. The molecule has 82 valence electrons. The van der Waals surface area contributed by atoms with Crippen molar-refractivity contribution in [2.45, 2.75) is 19.6 Å². The zero-order chi connectivity index (χ0) is 11.1. The molecule has 0 saturated heterocycles. The molecule has 0 aromatic heterocycles. The molecule has 0 heterocycles. The number of methoxy groups -OCH3 is 1. The summed E-state index contributed by atoms with van der Waals surface area (Å²) in [6.07, 6.45) is 1.98. The first kappa shape index (κ1) is 12.0. The summed E-state index contributed by atoms with van der Waals surface area (Å²) in [7, 11) is 1.69. The highest BCUT2D eigenvalue weighted by Gasteiger charge is 1.99. The van der Waals surface area contributed by atoms with E-state index >= 15 is 0 Å². The summed E-state index contributed by atoms with van der Waals surface area (Å²) in [6, 6.07) is 8.15. The fourth-order valence-electron chi connectivity index (χ4n) is 1.22. The van der Waals surface area contributed by atoms with Gasteiger partial charge in [0.15, 0.2) is 0 Å². The van der Waals surface area contributed by atoms with Crippen LogP contribution in [-0.4, -0.2) is 19.8 Å². The smallest absolute Gasteiger partial charge is 0.0776 e. The molecule has 15 heavy (non-hydrogen) atoms. The van der Waals surface area contributed by atoms with Crippen LogP contribution in [0.2, 0.25) is 0 Å². The molecular formula is C13H18O2. The Morgan fingerprint density at radius 1 is 1.47 bits per heavy atom. The van der Waals surface area contributed by atoms with Gasteiger partial charge in [0.1, 0.15) is 0 Å². The second-order valence-electron chi connectivity index (χ2n) is 3.51. The van der Waals surface area contributed by atoms with E-state index in [4.69, 9.17) is 9.47 Å². The minimum absolute atomic E-state index is 0.146. The quantitative estimate of drug-likeness (QED) is 0.712. The summed E-state index contributed by atoms with van der Waals surface area (Å²) in [5.41, 5.74) is 2.28. The van der Waals surface area contributed by atoms with Gasteiger partial charge in [0.05, 0.1) is 19.3 Å². The van der Waals surface area contributed by atoms with E-state index < -0.39 is 0 Å². The maximum atomic E-state index is 5.51. The van der Waals surface area contributed by atoms with Crippen LogP contribution in [-0.2, 0) is 16.1 Å². The highest BCUT2D eigenvalue weighted by atomic mass is 16.5. The zero-order valence-corrected chi connectivity index (χ0v) is 9.40. The first-order chi connectivity index (χ1) is 7.26. The zero-order valence-electron chi connectivity index (χ0n) is 9.40. The normalized spacial score (nSPS) is 12.4. The maximum absolute atomic E-state index is 5.51. The van der Waals surface area contributed by atoms with E-state index in [9.17, 15) is 0 Å². The average molecular weight is 206 g/mol. The number of rotatable bonds is 6. The number of ether oxygens (including phenoxy) is 2. The molecule has 0 aliphatic heterocycles. The van der Waals surface area contributed by atoms with Crippen LogP contribution in [0.25, 0.3) is 6.08 Å². The molecule has 1 unspecified atom stereocenters. The van der Waals surface area contributed by atoms with Crippen LogP contribution in [0.5, 0.6) is 0 Å². The summed E-state index contributed by atoms with van der Waals surface area (Å²) in [5, 5.41) is 0. The summed E-state index contributed by atoms with van der Waals surface area (Å²) in [4.78, 5) is 0. The molecule has 0 N–H and O–H groups in total. The van der Waals surface area contributed by atoms with Gasteiger partial charge in [-0.2, -0.15) is 0 Å². The molecule has 1 aromatic rings. The van der Waals surface area contributed by atoms with Crippen molar-refractivity contribution in [3.63, 3.8) is 0 Å². The standard InChI is InChI=1S/C13H18O2/c1-4-12-6-5-7-13(8-12)10-15-9-11(2)14-3/h4-8,11H,1,9-10H2,2-3H3. The number of benzene rings is 1. The Morgan fingerprint density at radius 3 is 2.93 bits per heavy atom. The molecule has 0 saturated carbocycles. The van der Waals surface area contributed by atoms with Gasteiger partial charge < -0.3 is 9.47 Å². The highest BCUT2D eigenvalue weighted by molar-refractivity contribution is 5.47. The van der Waals surface area contributed by atoms with E-state index in [1.165, 1.54) is 0 Å². The van der Waals surface area contributed by atoms with E-state index in [2.05, 4.69) is 12.6 Å². The fourth-order valence-corrected chi connectivity index (χ4v) is 1.22.